The topological polar surface area (TPSA) is 102 Å². The first kappa shape index (κ1) is 21.8. The molecule has 8 heteroatoms. The van der Waals surface area contributed by atoms with E-state index in [2.05, 4.69) is 39.2 Å². The van der Waals surface area contributed by atoms with Crippen LogP contribution in [0.1, 0.15) is 13.8 Å². The van der Waals surface area contributed by atoms with Gasteiger partial charge in [-0.1, -0.05) is 0 Å². The average molecular weight is 419 g/mol. The number of phenolic OH excluding ortho intramolecular Hbond substituents is 2. The summed E-state index contributed by atoms with van der Waals surface area (Å²) in [7, 11) is 1.60. The summed E-state index contributed by atoms with van der Waals surface area (Å²) in [6.45, 7) is 5.77. The lowest BCUT2D eigenvalue weighted by Crippen LogP contribution is -2.21. The minimum Gasteiger partial charge on any atom is -0.506 e. The summed E-state index contributed by atoms with van der Waals surface area (Å²) in [5, 5.41) is 36.9. The number of rotatable bonds is 8. The fourth-order valence-electron chi connectivity index (χ4n) is 2.91. The number of nitrogens with zero attached hydrogens (tertiary/aromatic N) is 5. The minimum absolute atomic E-state index is 0.0167. The van der Waals surface area contributed by atoms with Gasteiger partial charge in [-0.3, -0.25) is 0 Å². The Hall–Kier alpha value is -3.94. The fraction of sp³-hybridized carbons (Fsp3) is 0.217. The number of methoxy groups -OCH3 is 1. The van der Waals surface area contributed by atoms with Crippen molar-refractivity contribution in [2.24, 2.45) is 20.5 Å². The molecule has 3 aromatic carbocycles. The van der Waals surface area contributed by atoms with Gasteiger partial charge in [0, 0.05) is 24.8 Å². The number of azo groups is 2. The van der Waals surface area contributed by atoms with Gasteiger partial charge in [-0.2, -0.15) is 10.2 Å². The van der Waals surface area contributed by atoms with E-state index in [1.165, 1.54) is 6.07 Å². The molecule has 0 aliphatic heterocycles. The predicted molar refractivity (Wildman–Crippen MR) is 121 cm³/mol. The van der Waals surface area contributed by atoms with Crippen LogP contribution < -0.4 is 9.64 Å². The summed E-state index contributed by atoms with van der Waals surface area (Å²) in [6, 6.07) is 17.0. The minimum atomic E-state index is -0.0496. The van der Waals surface area contributed by atoms with E-state index in [0.717, 1.165) is 24.5 Å². The van der Waals surface area contributed by atoms with E-state index in [0.29, 0.717) is 17.1 Å². The third-order valence-corrected chi connectivity index (χ3v) is 4.67. The highest BCUT2D eigenvalue weighted by Crippen LogP contribution is 2.36. The largest absolute Gasteiger partial charge is 0.506 e. The first-order chi connectivity index (χ1) is 15.0. The zero-order valence-electron chi connectivity index (χ0n) is 17.7. The lowest BCUT2D eigenvalue weighted by Gasteiger charge is -2.21. The van der Waals surface area contributed by atoms with Gasteiger partial charge in [0.05, 0.1) is 18.5 Å². The molecule has 8 nitrogen and oxygen atoms in total. The summed E-state index contributed by atoms with van der Waals surface area (Å²) in [5.74, 6) is 0.703. The standard InChI is InChI=1S/C23H25N5O3/c1-4-28(5-2)18-9-12-20(23(30)15-18)26-27-21-14-17(8-13-22(21)29)25-24-16-6-10-19(31-3)11-7-16/h6-15,29-30H,4-5H2,1-3H3. The number of aromatic hydroxyl groups is 2. The average Bonchev–Trinajstić information content (AvgIpc) is 2.79. The SMILES string of the molecule is CCN(CC)c1ccc(N=Nc2cc(N=Nc3ccc(OC)cc3)ccc2O)c(O)c1. The Morgan fingerprint density at radius 2 is 1.35 bits per heavy atom. The van der Waals surface area contributed by atoms with E-state index in [9.17, 15) is 10.2 Å². The Kier molecular flexibility index (Phi) is 7.16. The molecular weight excluding hydrogens is 394 g/mol. The third kappa shape index (κ3) is 5.57. The van der Waals surface area contributed by atoms with Crippen molar-refractivity contribution in [3.05, 3.63) is 60.7 Å². The Morgan fingerprint density at radius 3 is 2.00 bits per heavy atom. The summed E-state index contributed by atoms with van der Waals surface area (Å²) in [6.07, 6.45) is 0. The molecule has 0 heterocycles. The van der Waals surface area contributed by atoms with Crippen LogP contribution in [0.3, 0.4) is 0 Å². The summed E-state index contributed by atoms with van der Waals surface area (Å²) < 4.78 is 5.12. The van der Waals surface area contributed by atoms with Crippen molar-refractivity contribution in [1.29, 1.82) is 0 Å². The molecule has 0 aliphatic rings. The van der Waals surface area contributed by atoms with Crippen LogP contribution in [-0.2, 0) is 0 Å². The monoisotopic (exact) mass is 419 g/mol. The zero-order chi connectivity index (χ0) is 22.2. The molecular formula is C23H25N5O3. The molecule has 31 heavy (non-hydrogen) atoms. The summed E-state index contributed by atoms with van der Waals surface area (Å²) >= 11 is 0. The molecule has 3 rings (SSSR count). The normalized spacial score (nSPS) is 11.3. The molecule has 160 valence electrons. The molecule has 0 aromatic heterocycles. The number of ether oxygens (including phenoxy) is 1. The number of hydrogen-bond acceptors (Lipinski definition) is 8. The lowest BCUT2D eigenvalue weighted by molar-refractivity contribution is 0.415. The van der Waals surface area contributed by atoms with Gasteiger partial charge >= 0.3 is 0 Å². The van der Waals surface area contributed by atoms with E-state index in [1.807, 2.05) is 6.07 Å². The van der Waals surface area contributed by atoms with E-state index < -0.39 is 0 Å². The van der Waals surface area contributed by atoms with Gasteiger partial charge in [0.25, 0.3) is 0 Å². The Bertz CT molecular complexity index is 1080. The van der Waals surface area contributed by atoms with Crippen molar-refractivity contribution in [3.8, 4) is 17.2 Å². The second-order valence-electron chi connectivity index (χ2n) is 6.62. The van der Waals surface area contributed by atoms with Crippen LogP contribution in [0.5, 0.6) is 17.2 Å². The first-order valence-electron chi connectivity index (χ1n) is 9.92. The third-order valence-electron chi connectivity index (χ3n) is 4.67. The highest BCUT2D eigenvalue weighted by atomic mass is 16.5. The summed E-state index contributed by atoms with van der Waals surface area (Å²) in [5.41, 5.74) is 2.60. The molecule has 0 radical (unpaired) electrons. The van der Waals surface area contributed by atoms with Crippen LogP contribution in [0.2, 0.25) is 0 Å². The fourth-order valence-corrected chi connectivity index (χ4v) is 2.91. The molecule has 0 amide bonds. The number of phenols is 2. The predicted octanol–water partition coefficient (Wildman–Crippen LogP) is 6.78. The maximum atomic E-state index is 10.3. The van der Waals surface area contributed by atoms with Crippen LogP contribution in [0.25, 0.3) is 0 Å². The molecule has 0 fully saturated rings. The Labute approximate surface area is 181 Å². The van der Waals surface area contributed by atoms with Gasteiger partial charge in [0.1, 0.15) is 28.6 Å². The summed E-state index contributed by atoms with van der Waals surface area (Å²) in [4.78, 5) is 2.11. The van der Waals surface area contributed by atoms with E-state index in [1.54, 1.807) is 55.6 Å². The second-order valence-corrected chi connectivity index (χ2v) is 6.62. The molecule has 0 saturated carbocycles. The number of hydrogen-bond donors (Lipinski definition) is 2. The van der Waals surface area contributed by atoms with Crippen molar-refractivity contribution in [2.45, 2.75) is 13.8 Å². The molecule has 0 atom stereocenters. The number of benzene rings is 3. The quantitative estimate of drug-likeness (QED) is 0.393. The maximum Gasteiger partial charge on any atom is 0.145 e. The van der Waals surface area contributed by atoms with Gasteiger partial charge in [0.15, 0.2) is 0 Å². The molecule has 0 unspecified atom stereocenters. The van der Waals surface area contributed by atoms with Gasteiger partial charge < -0.3 is 19.8 Å². The maximum absolute atomic E-state index is 10.3. The van der Waals surface area contributed by atoms with Crippen molar-refractivity contribution in [1.82, 2.24) is 0 Å². The van der Waals surface area contributed by atoms with Crippen molar-refractivity contribution in [3.63, 3.8) is 0 Å². The van der Waals surface area contributed by atoms with E-state index in [4.69, 9.17) is 4.74 Å². The van der Waals surface area contributed by atoms with Crippen molar-refractivity contribution < 1.29 is 14.9 Å². The van der Waals surface area contributed by atoms with E-state index >= 15 is 0 Å². The van der Waals surface area contributed by atoms with Crippen molar-refractivity contribution in [2.75, 3.05) is 25.1 Å². The molecule has 0 saturated heterocycles. The van der Waals surface area contributed by atoms with Gasteiger partial charge in [-0.25, -0.2) is 0 Å². The van der Waals surface area contributed by atoms with Gasteiger partial charge in [0.2, 0.25) is 0 Å². The van der Waals surface area contributed by atoms with Crippen LogP contribution in [0, 0.1) is 0 Å². The molecule has 0 aliphatic carbocycles. The second kappa shape index (κ2) is 10.2. The highest BCUT2D eigenvalue weighted by molar-refractivity contribution is 5.62. The van der Waals surface area contributed by atoms with Crippen LogP contribution >= 0.6 is 0 Å². The molecule has 2 N–H and O–H groups in total. The first-order valence-corrected chi connectivity index (χ1v) is 9.92. The molecule has 3 aromatic rings. The van der Waals surface area contributed by atoms with Crippen LogP contribution in [0.4, 0.5) is 28.4 Å². The molecule has 0 spiro atoms. The van der Waals surface area contributed by atoms with Crippen molar-refractivity contribution >= 4 is 28.4 Å². The Balaban J connectivity index is 1.78. The van der Waals surface area contributed by atoms with E-state index in [-0.39, 0.29) is 17.2 Å². The van der Waals surface area contributed by atoms with Gasteiger partial charge in [-0.05, 0) is 68.4 Å². The number of anilines is 1. The van der Waals surface area contributed by atoms with Gasteiger partial charge in [-0.15, -0.1) is 10.2 Å². The Morgan fingerprint density at radius 1 is 0.710 bits per heavy atom. The molecule has 0 bridgehead atoms. The van der Waals surface area contributed by atoms with Crippen LogP contribution in [0.15, 0.2) is 81.1 Å². The zero-order valence-corrected chi connectivity index (χ0v) is 17.7. The highest BCUT2D eigenvalue weighted by Gasteiger charge is 2.07. The smallest absolute Gasteiger partial charge is 0.145 e. The van der Waals surface area contributed by atoms with Crippen LogP contribution in [-0.4, -0.2) is 30.4 Å². The lowest BCUT2D eigenvalue weighted by atomic mass is 10.2.